The standard InChI is InChI=1S/C16H24N4O2/c17-11-15(21)18-13-5-7-14(8-6-13)19-16(22)12-20-9-3-1-2-4-10-20/h5-8H,1-4,9-12,17H2,(H,18,21)(H,19,22). The lowest BCUT2D eigenvalue weighted by Gasteiger charge is -2.19. The predicted octanol–water partition coefficient (Wildman–Crippen LogP) is 1.40. The van der Waals surface area contributed by atoms with Gasteiger partial charge in [0, 0.05) is 11.4 Å². The molecule has 1 aliphatic rings. The van der Waals surface area contributed by atoms with Crippen LogP contribution in [0.15, 0.2) is 24.3 Å². The molecule has 6 nitrogen and oxygen atoms in total. The van der Waals surface area contributed by atoms with E-state index in [2.05, 4.69) is 15.5 Å². The molecular weight excluding hydrogens is 280 g/mol. The Balaban J connectivity index is 1.82. The zero-order chi connectivity index (χ0) is 15.8. The molecule has 4 N–H and O–H groups in total. The predicted molar refractivity (Wildman–Crippen MR) is 87.7 cm³/mol. The number of nitrogens with one attached hydrogen (secondary N) is 2. The van der Waals surface area contributed by atoms with Gasteiger partial charge in [-0.05, 0) is 50.2 Å². The Morgan fingerprint density at radius 3 is 1.91 bits per heavy atom. The molecule has 0 saturated carbocycles. The number of likely N-dealkylation sites (tertiary alicyclic amines) is 1. The zero-order valence-corrected chi connectivity index (χ0v) is 12.8. The first-order chi connectivity index (χ1) is 10.7. The summed E-state index contributed by atoms with van der Waals surface area (Å²) in [6.45, 7) is 2.38. The largest absolute Gasteiger partial charge is 0.325 e. The van der Waals surface area contributed by atoms with Gasteiger partial charge in [-0.2, -0.15) is 0 Å². The van der Waals surface area contributed by atoms with Gasteiger partial charge in [-0.15, -0.1) is 0 Å². The Hall–Kier alpha value is -1.92. The second-order valence-electron chi connectivity index (χ2n) is 5.57. The quantitative estimate of drug-likeness (QED) is 0.767. The molecule has 2 amide bonds. The molecule has 1 heterocycles. The van der Waals surface area contributed by atoms with Gasteiger partial charge in [-0.3, -0.25) is 14.5 Å². The monoisotopic (exact) mass is 304 g/mol. The van der Waals surface area contributed by atoms with Crippen LogP contribution >= 0.6 is 0 Å². The topological polar surface area (TPSA) is 87.5 Å². The van der Waals surface area contributed by atoms with Crippen molar-refractivity contribution in [1.29, 1.82) is 0 Å². The molecule has 0 unspecified atom stereocenters. The van der Waals surface area contributed by atoms with Crippen LogP contribution in [0.5, 0.6) is 0 Å². The lowest BCUT2D eigenvalue weighted by molar-refractivity contribution is -0.117. The smallest absolute Gasteiger partial charge is 0.238 e. The molecule has 0 radical (unpaired) electrons. The van der Waals surface area contributed by atoms with Crippen molar-refractivity contribution in [3.63, 3.8) is 0 Å². The van der Waals surface area contributed by atoms with Crippen LogP contribution in [0.4, 0.5) is 11.4 Å². The third-order valence-corrected chi connectivity index (χ3v) is 3.70. The summed E-state index contributed by atoms with van der Waals surface area (Å²) in [4.78, 5) is 25.5. The van der Waals surface area contributed by atoms with Crippen LogP contribution in [-0.2, 0) is 9.59 Å². The molecule has 0 aromatic heterocycles. The van der Waals surface area contributed by atoms with Crippen LogP contribution < -0.4 is 16.4 Å². The van der Waals surface area contributed by atoms with E-state index in [1.165, 1.54) is 25.7 Å². The number of carbonyl (C=O) groups is 2. The summed E-state index contributed by atoms with van der Waals surface area (Å²) in [5.41, 5.74) is 6.64. The first-order valence-corrected chi connectivity index (χ1v) is 7.79. The van der Waals surface area contributed by atoms with Crippen LogP contribution in [0.3, 0.4) is 0 Å². The fourth-order valence-electron chi connectivity index (χ4n) is 2.55. The van der Waals surface area contributed by atoms with Crippen LogP contribution in [0.1, 0.15) is 25.7 Å². The molecule has 1 fully saturated rings. The van der Waals surface area contributed by atoms with Crippen molar-refractivity contribution in [2.75, 3.05) is 36.8 Å². The molecule has 1 aromatic carbocycles. The van der Waals surface area contributed by atoms with E-state index in [0.717, 1.165) is 18.8 Å². The average molecular weight is 304 g/mol. The van der Waals surface area contributed by atoms with Gasteiger partial charge in [0.05, 0.1) is 13.1 Å². The third-order valence-electron chi connectivity index (χ3n) is 3.70. The van der Waals surface area contributed by atoms with Gasteiger partial charge in [0.15, 0.2) is 0 Å². The fourth-order valence-corrected chi connectivity index (χ4v) is 2.55. The number of nitrogens with two attached hydrogens (primary N) is 1. The molecular formula is C16H24N4O2. The van der Waals surface area contributed by atoms with Gasteiger partial charge in [-0.25, -0.2) is 0 Å². The van der Waals surface area contributed by atoms with E-state index in [9.17, 15) is 9.59 Å². The van der Waals surface area contributed by atoms with Crippen molar-refractivity contribution < 1.29 is 9.59 Å². The Morgan fingerprint density at radius 1 is 0.909 bits per heavy atom. The van der Waals surface area contributed by atoms with E-state index in [4.69, 9.17) is 5.73 Å². The number of rotatable bonds is 5. The lowest BCUT2D eigenvalue weighted by atomic mass is 10.2. The number of anilines is 2. The molecule has 120 valence electrons. The van der Waals surface area contributed by atoms with Gasteiger partial charge >= 0.3 is 0 Å². The summed E-state index contributed by atoms with van der Waals surface area (Å²) >= 11 is 0. The third kappa shape index (κ3) is 5.46. The Morgan fingerprint density at radius 2 is 1.41 bits per heavy atom. The summed E-state index contributed by atoms with van der Waals surface area (Å²) in [6, 6.07) is 7.03. The Bertz CT molecular complexity index is 493. The highest BCUT2D eigenvalue weighted by Crippen LogP contribution is 2.14. The zero-order valence-electron chi connectivity index (χ0n) is 12.8. The van der Waals surface area contributed by atoms with E-state index >= 15 is 0 Å². The lowest BCUT2D eigenvalue weighted by Crippen LogP contribution is -2.33. The highest BCUT2D eigenvalue weighted by molar-refractivity contribution is 5.94. The SMILES string of the molecule is NCC(=O)Nc1ccc(NC(=O)CN2CCCCCC2)cc1. The van der Waals surface area contributed by atoms with E-state index in [0.29, 0.717) is 12.2 Å². The highest BCUT2D eigenvalue weighted by Gasteiger charge is 2.13. The van der Waals surface area contributed by atoms with Gasteiger partial charge in [0.25, 0.3) is 0 Å². The minimum absolute atomic E-state index is 0.000596. The second-order valence-corrected chi connectivity index (χ2v) is 5.57. The molecule has 6 heteroatoms. The summed E-state index contributed by atoms with van der Waals surface area (Å²) in [5, 5.41) is 5.55. The molecule has 0 bridgehead atoms. The second kappa shape index (κ2) is 8.51. The van der Waals surface area contributed by atoms with E-state index < -0.39 is 0 Å². The number of hydrogen-bond donors (Lipinski definition) is 3. The van der Waals surface area contributed by atoms with Gasteiger partial charge in [0.2, 0.25) is 11.8 Å². The maximum atomic E-state index is 12.1. The summed E-state index contributed by atoms with van der Waals surface area (Å²) in [7, 11) is 0. The summed E-state index contributed by atoms with van der Waals surface area (Å²) < 4.78 is 0. The first kappa shape index (κ1) is 16.5. The number of hydrogen-bond acceptors (Lipinski definition) is 4. The summed E-state index contributed by atoms with van der Waals surface area (Å²) in [5.74, 6) is -0.237. The van der Waals surface area contributed by atoms with Crippen molar-refractivity contribution in [3.05, 3.63) is 24.3 Å². The molecule has 1 aliphatic heterocycles. The maximum Gasteiger partial charge on any atom is 0.238 e. The number of carbonyl (C=O) groups excluding carboxylic acids is 2. The Kier molecular flexibility index (Phi) is 6.36. The summed E-state index contributed by atoms with van der Waals surface area (Å²) in [6.07, 6.45) is 4.85. The maximum absolute atomic E-state index is 12.1. The van der Waals surface area contributed by atoms with Crippen molar-refractivity contribution in [3.8, 4) is 0 Å². The van der Waals surface area contributed by atoms with Crippen molar-refractivity contribution in [1.82, 2.24) is 4.90 Å². The molecule has 1 aromatic rings. The fraction of sp³-hybridized carbons (Fsp3) is 0.500. The minimum Gasteiger partial charge on any atom is -0.325 e. The van der Waals surface area contributed by atoms with Gasteiger partial charge in [-0.1, -0.05) is 12.8 Å². The van der Waals surface area contributed by atoms with Crippen molar-refractivity contribution in [2.24, 2.45) is 5.73 Å². The number of nitrogens with zero attached hydrogens (tertiary/aromatic N) is 1. The van der Waals surface area contributed by atoms with Gasteiger partial charge in [0.1, 0.15) is 0 Å². The normalized spacial score (nSPS) is 15.9. The number of benzene rings is 1. The molecule has 2 rings (SSSR count). The minimum atomic E-state index is -0.238. The molecule has 0 aliphatic carbocycles. The van der Waals surface area contributed by atoms with Gasteiger partial charge < -0.3 is 16.4 Å². The van der Waals surface area contributed by atoms with E-state index in [1.54, 1.807) is 24.3 Å². The molecule has 1 saturated heterocycles. The van der Waals surface area contributed by atoms with Crippen LogP contribution in [0.2, 0.25) is 0 Å². The van der Waals surface area contributed by atoms with E-state index in [-0.39, 0.29) is 18.4 Å². The first-order valence-electron chi connectivity index (χ1n) is 7.79. The van der Waals surface area contributed by atoms with Crippen molar-refractivity contribution >= 4 is 23.2 Å². The van der Waals surface area contributed by atoms with Crippen molar-refractivity contribution in [2.45, 2.75) is 25.7 Å². The molecule has 0 atom stereocenters. The highest BCUT2D eigenvalue weighted by atomic mass is 16.2. The van der Waals surface area contributed by atoms with Crippen LogP contribution in [0, 0.1) is 0 Å². The van der Waals surface area contributed by atoms with Crippen LogP contribution in [0.25, 0.3) is 0 Å². The van der Waals surface area contributed by atoms with E-state index in [1.807, 2.05) is 0 Å². The Labute approximate surface area is 131 Å². The van der Waals surface area contributed by atoms with Crippen LogP contribution in [-0.4, -0.2) is 42.9 Å². The average Bonchev–Trinajstić information content (AvgIpc) is 2.77. The number of amides is 2. The molecule has 0 spiro atoms. The molecule has 22 heavy (non-hydrogen) atoms.